The lowest BCUT2D eigenvalue weighted by Gasteiger charge is -2.21. The molecular weight excluding hydrogens is 424 g/mol. The van der Waals surface area contributed by atoms with E-state index >= 15 is 0 Å². The summed E-state index contributed by atoms with van der Waals surface area (Å²) in [5.41, 5.74) is 2.51. The van der Waals surface area contributed by atoms with Crippen molar-refractivity contribution >= 4 is 40.1 Å². The maximum atomic E-state index is 12.7. The lowest BCUT2D eigenvalue weighted by molar-refractivity contribution is -0.123. The summed E-state index contributed by atoms with van der Waals surface area (Å²) in [7, 11) is 0. The summed E-state index contributed by atoms with van der Waals surface area (Å²) in [4.78, 5) is 24.9. The highest BCUT2D eigenvalue weighted by molar-refractivity contribution is 8.15. The van der Waals surface area contributed by atoms with Crippen LogP contribution >= 0.6 is 11.8 Å². The van der Waals surface area contributed by atoms with Crippen LogP contribution in [0.1, 0.15) is 45.1 Å². The minimum Gasteiger partial charge on any atom is -0.494 e. The Labute approximate surface area is 192 Å². The van der Waals surface area contributed by atoms with Gasteiger partial charge in [0.1, 0.15) is 11.0 Å². The van der Waals surface area contributed by atoms with Gasteiger partial charge in [0.15, 0.2) is 5.17 Å². The fourth-order valence-electron chi connectivity index (χ4n) is 3.10. The number of carbonyl (C=O) groups excluding carboxylic acids is 2. The first kappa shape index (κ1) is 23.5. The van der Waals surface area contributed by atoms with Gasteiger partial charge in [-0.3, -0.25) is 9.59 Å². The summed E-state index contributed by atoms with van der Waals surface area (Å²) in [6, 6.07) is 17.0. The number of thioether (sulfide) groups is 1. The molecule has 0 aromatic heterocycles. The Bertz CT molecular complexity index is 974. The first-order valence-electron chi connectivity index (χ1n) is 10.8. The fourth-order valence-corrected chi connectivity index (χ4v) is 4.03. The molecule has 8 heteroatoms. The van der Waals surface area contributed by atoms with E-state index < -0.39 is 5.25 Å². The van der Waals surface area contributed by atoms with Crippen LogP contribution in [0.3, 0.4) is 0 Å². The number of hydrogen-bond donors (Lipinski definition) is 2. The van der Waals surface area contributed by atoms with Gasteiger partial charge >= 0.3 is 0 Å². The molecule has 2 N–H and O–H groups in total. The van der Waals surface area contributed by atoms with Gasteiger partial charge in [0.05, 0.1) is 12.3 Å². The Hall–Kier alpha value is -3.13. The summed E-state index contributed by atoms with van der Waals surface area (Å²) in [6.07, 6.45) is 2.90. The number of anilines is 1. The van der Waals surface area contributed by atoms with Crippen molar-refractivity contribution in [3.8, 4) is 5.75 Å². The number of amidine groups is 1. The van der Waals surface area contributed by atoms with Crippen LogP contribution in [-0.2, 0) is 9.59 Å². The Balaban J connectivity index is 1.70. The smallest absolute Gasteiger partial charge is 0.238 e. The number of ether oxygens (including phenoxy) is 1. The van der Waals surface area contributed by atoms with Gasteiger partial charge in [-0.2, -0.15) is 5.10 Å². The predicted octanol–water partition coefficient (Wildman–Crippen LogP) is 4.60. The number of nitrogens with one attached hydrogen (secondary N) is 2. The molecule has 168 valence electrons. The van der Waals surface area contributed by atoms with Gasteiger partial charge in [0, 0.05) is 12.1 Å². The standard InChI is InChI=1S/C24H28N4O3S/c1-3-5-11-20(17-9-7-6-8-10-17)27-28-24-26-22(29)16-21(32-24)23(30)25-18-12-14-19(15-13-18)31-4-2/h6-10,12-15,21H,3-5,11,16H2,1-2H3,(H,25,30)(H,26,28,29). The monoisotopic (exact) mass is 452 g/mol. The third kappa shape index (κ3) is 6.95. The van der Waals surface area contributed by atoms with Crippen LogP contribution in [0.4, 0.5) is 5.69 Å². The first-order chi connectivity index (χ1) is 15.6. The molecule has 0 saturated carbocycles. The van der Waals surface area contributed by atoms with Crippen LogP contribution in [0, 0.1) is 0 Å². The van der Waals surface area contributed by atoms with Gasteiger partial charge in [-0.05, 0) is 49.6 Å². The van der Waals surface area contributed by atoms with Crippen LogP contribution in [0.5, 0.6) is 5.75 Å². The second-order valence-corrected chi connectivity index (χ2v) is 8.42. The van der Waals surface area contributed by atoms with Gasteiger partial charge in [0.2, 0.25) is 11.8 Å². The minimum absolute atomic E-state index is 0.0810. The molecule has 2 aromatic carbocycles. The summed E-state index contributed by atoms with van der Waals surface area (Å²) >= 11 is 1.21. The molecule has 7 nitrogen and oxygen atoms in total. The average molecular weight is 453 g/mol. The molecule has 1 saturated heterocycles. The molecule has 1 aliphatic heterocycles. The molecule has 1 unspecified atom stereocenters. The number of hydrogen-bond acceptors (Lipinski definition) is 6. The highest BCUT2D eigenvalue weighted by Crippen LogP contribution is 2.23. The predicted molar refractivity (Wildman–Crippen MR) is 130 cm³/mol. The largest absolute Gasteiger partial charge is 0.494 e. The van der Waals surface area contributed by atoms with Crippen LogP contribution < -0.4 is 15.4 Å². The van der Waals surface area contributed by atoms with Crippen molar-refractivity contribution in [2.75, 3.05) is 11.9 Å². The number of rotatable bonds is 9. The van der Waals surface area contributed by atoms with Crippen LogP contribution in [0.15, 0.2) is 64.8 Å². The molecular formula is C24H28N4O3S. The lowest BCUT2D eigenvalue weighted by atomic mass is 10.1. The average Bonchev–Trinajstić information content (AvgIpc) is 2.81. The Kier molecular flexibility index (Phi) is 8.86. The maximum Gasteiger partial charge on any atom is 0.238 e. The van der Waals surface area contributed by atoms with E-state index in [1.807, 2.05) is 37.3 Å². The summed E-state index contributed by atoms with van der Waals surface area (Å²) in [5.74, 6) is 0.237. The molecule has 2 amide bonds. The van der Waals surface area contributed by atoms with E-state index in [9.17, 15) is 9.59 Å². The van der Waals surface area contributed by atoms with E-state index in [2.05, 4.69) is 27.8 Å². The molecule has 0 aliphatic carbocycles. The highest BCUT2D eigenvalue weighted by Gasteiger charge is 2.30. The number of nitrogens with zero attached hydrogens (tertiary/aromatic N) is 2. The summed E-state index contributed by atoms with van der Waals surface area (Å²) < 4.78 is 5.41. The quantitative estimate of drug-likeness (QED) is 0.430. The van der Waals surface area contributed by atoms with Gasteiger partial charge in [-0.25, -0.2) is 0 Å². The first-order valence-corrected chi connectivity index (χ1v) is 11.7. The number of unbranched alkanes of at least 4 members (excludes halogenated alkanes) is 1. The van der Waals surface area contributed by atoms with Gasteiger partial charge in [-0.1, -0.05) is 55.4 Å². The minimum atomic E-state index is -0.583. The Morgan fingerprint density at radius 1 is 1.16 bits per heavy atom. The zero-order valence-corrected chi connectivity index (χ0v) is 19.2. The van der Waals surface area contributed by atoms with Crippen molar-refractivity contribution in [3.05, 3.63) is 60.2 Å². The van der Waals surface area contributed by atoms with E-state index in [4.69, 9.17) is 4.74 Å². The highest BCUT2D eigenvalue weighted by atomic mass is 32.2. The molecule has 0 spiro atoms. The summed E-state index contributed by atoms with van der Waals surface area (Å²) in [5, 5.41) is 14.0. The normalized spacial score (nSPS) is 17.7. The van der Waals surface area contributed by atoms with Crippen molar-refractivity contribution in [1.82, 2.24) is 5.32 Å². The van der Waals surface area contributed by atoms with Crippen molar-refractivity contribution in [1.29, 1.82) is 0 Å². The molecule has 1 aliphatic rings. The zero-order chi connectivity index (χ0) is 22.8. The van der Waals surface area contributed by atoms with Gasteiger partial charge < -0.3 is 15.4 Å². The van der Waals surface area contributed by atoms with E-state index in [1.54, 1.807) is 24.3 Å². The lowest BCUT2D eigenvalue weighted by Crippen LogP contribution is -2.41. The molecule has 1 fully saturated rings. The van der Waals surface area contributed by atoms with Crippen LogP contribution in [-0.4, -0.2) is 34.6 Å². The van der Waals surface area contributed by atoms with Crippen molar-refractivity contribution < 1.29 is 14.3 Å². The Morgan fingerprint density at radius 3 is 2.59 bits per heavy atom. The number of carbonyl (C=O) groups is 2. The van der Waals surface area contributed by atoms with Gasteiger partial charge in [-0.15, -0.1) is 5.10 Å². The molecule has 0 bridgehead atoms. The van der Waals surface area contributed by atoms with Crippen LogP contribution in [0.25, 0.3) is 0 Å². The van der Waals surface area contributed by atoms with Gasteiger partial charge in [0.25, 0.3) is 0 Å². The molecule has 3 rings (SSSR count). The SMILES string of the molecule is CCCCC(=NN=C1NC(=O)CC(C(=O)Nc2ccc(OCC)cc2)S1)c1ccccc1. The number of benzene rings is 2. The molecule has 32 heavy (non-hydrogen) atoms. The zero-order valence-electron chi connectivity index (χ0n) is 18.3. The topological polar surface area (TPSA) is 92.2 Å². The molecule has 0 radical (unpaired) electrons. The van der Waals surface area contributed by atoms with Crippen molar-refractivity contribution in [2.45, 2.75) is 44.8 Å². The third-order valence-corrected chi connectivity index (χ3v) is 5.80. The molecule has 1 heterocycles. The van der Waals surface area contributed by atoms with E-state index in [0.717, 1.165) is 36.3 Å². The third-order valence-electron chi connectivity index (χ3n) is 4.73. The van der Waals surface area contributed by atoms with E-state index in [0.29, 0.717) is 17.5 Å². The van der Waals surface area contributed by atoms with Crippen molar-refractivity contribution in [3.63, 3.8) is 0 Å². The molecule has 2 aromatic rings. The number of amides is 2. The molecule has 1 atom stereocenters. The van der Waals surface area contributed by atoms with E-state index in [1.165, 1.54) is 11.8 Å². The van der Waals surface area contributed by atoms with Crippen LogP contribution in [0.2, 0.25) is 0 Å². The maximum absolute atomic E-state index is 12.7. The second-order valence-electron chi connectivity index (χ2n) is 7.23. The summed E-state index contributed by atoms with van der Waals surface area (Å²) in [6.45, 7) is 4.62. The fraction of sp³-hybridized carbons (Fsp3) is 0.333. The second kappa shape index (κ2) is 12.0. The van der Waals surface area contributed by atoms with Crippen molar-refractivity contribution in [2.24, 2.45) is 10.2 Å². The Morgan fingerprint density at radius 2 is 1.91 bits per heavy atom. The van der Waals surface area contributed by atoms with E-state index in [-0.39, 0.29) is 18.2 Å².